The van der Waals surface area contributed by atoms with E-state index in [1.54, 1.807) is 25.4 Å². The average Bonchev–Trinajstić information content (AvgIpc) is 3.48. The van der Waals surface area contributed by atoms with Gasteiger partial charge in [-0.1, -0.05) is 12.1 Å². The highest BCUT2D eigenvalue weighted by molar-refractivity contribution is 5.84. The highest BCUT2D eigenvalue weighted by Gasteiger charge is 2.16. The number of methoxy groups -OCH3 is 1. The Hall–Kier alpha value is -4.60. The molecule has 0 fully saturated rings. The second-order valence-corrected chi connectivity index (χ2v) is 7.89. The first-order chi connectivity index (χ1) is 16.6. The number of H-pyrrole nitrogens is 1. The van der Waals surface area contributed by atoms with Crippen LogP contribution in [0.2, 0.25) is 0 Å². The summed E-state index contributed by atoms with van der Waals surface area (Å²) in [4.78, 5) is 20.8. The number of hydrogen-bond acceptors (Lipinski definition) is 6. The average molecular weight is 455 g/mol. The predicted octanol–water partition coefficient (Wildman–Crippen LogP) is 3.37. The molecular weight excluding hydrogens is 437 g/mol. The zero-order valence-corrected chi connectivity index (χ0v) is 18.1. The van der Waals surface area contributed by atoms with Crippen LogP contribution < -0.4 is 10.3 Å². The molecule has 0 atom stereocenters. The van der Waals surface area contributed by atoms with E-state index in [0.29, 0.717) is 29.8 Å². The van der Waals surface area contributed by atoms with Gasteiger partial charge in [0.1, 0.15) is 17.9 Å². The van der Waals surface area contributed by atoms with E-state index >= 15 is 0 Å². The number of aryl methyl sites for hydroxylation is 2. The molecule has 0 bridgehead atoms. The number of aromatic amines is 1. The molecule has 4 aromatic heterocycles. The summed E-state index contributed by atoms with van der Waals surface area (Å²) in [6, 6.07) is 11.9. The highest BCUT2D eigenvalue weighted by atomic mass is 19.1. The van der Waals surface area contributed by atoms with Crippen molar-refractivity contribution >= 4 is 27.7 Å². The largest absolute Gasteiger partial charge is 0.497 e. The van der Waals surface area contributed by atoms with Crippen molar-refractivity contribution in [2.45, 2.75) is 13.0 Å². The monoisotopic (exact) mass is 455 g/mol. The van der Waals surface area contributed by atoms with Crippen LogP contribution in [-0.4, -0.2) is 41.5 Å². The van der Waals surface area contributed by atoms with Crippen LogP contribution in [0.3, 0.4) is 0 Å². The fourth-order valence-corrected chi connectivity index (χ4v) is 4.13. The van der Waals surface area contributed by atoms with Crippen LogP contribution in [0.15, 0.2) is 66.0 Å². The van der Waals surface area contributed by atoms with E-state index in [2.05, 4.69) is 25.3 Å². The van der Waals surface area contributed by atoms with Crippen LogP contribution >= 0.6 is 0 Å². The van der Waals surface area contributed by atoms with E-state index in [9.17, 15) is 9.18 Å². The SMILES string of the molecule is COc1ccc2[nH]cc(CCn3cnc4c(nnc5c(-c6ccc(F)cc6)cnn54)c3=O)c2c1. The number of fused-ring (bicyclic) bond motifs is 4. The standard InChI is InChI=1S/C24H18FN7O2/c1-34-17-6-7-20-18(10-17)15(11-26-20)8-9-31-13-27-23-21(24(31)33)29-30-22-19(12-28-32(22)23)14-2-4-16(25)5-3-14/h2-7,10-13,26H,8-9H2,1H3. The van der Waals surface area contributed by atoms with Gasteiger partial charge in [-0.3, -0.25) is 9.36 Å². The van der Waals surface area contributed by atoms with Crippen LogP contribution in [0.4, 0.5) is 4.39 Å². The number of nitrogens with zero attached hydrogens (tertiary/aromatic N) is 6. The number of halogens is 1. The quantitative estimate of drug-likeness (QED) is 0.428. The van der Waals surface area contributed by atoms with Gasteiger partial charge in [0.25, 0.3) is 5.56 Å². The molecule has 4 heterocycles. The van der Waals surface area contributed by atoms with Crippen LogP contribution in [0.5, 0.6) is 5.75 Å². The fraction of sp³-hybridized carbons (Fsp3) is 0.125. The molecule has 0 saturated carbocycles. The Bertz CT molecular complexity index is 1730. The lowest BCUT2D eigenvalue weighted by Gasteiger charge is -2.07. The Kier molecular flexibility index (Phi) is 4.58. The Morgan fingerprint density at radius 2 is 1.94 bits per heavy atom. The second kappa shape index (κ2) is 7.77. The lowest BCUT2D eigenvalue weighted by Crippen LogP contribution is -2.23. The number of ether oxygens (including phenoxy) is 1. The van der Waals surface area contributed by atoms with Crippen molar-refractivity contribution in [2.75, 3.05) is 7.11 Å². The molecule has 9 nitrogen and oxygen atoms in total. The maximum absolute atomic E-state index is 13.3. The molecule has 1 N–H and O–H groups in total. The van der Waals surface area contributed by atoms with Gasteiger partial charge in [0.05, 0.1) is 13.3 Å². The van der Waals surface area contributed by atoms with Crippen molar-refractivity contribution in [3.05, 3.63) is 82.9 Å². The molecule has 34 heavy (non-hydrogen) atoms. The summed E-state index contributed by atoms with van der Waals surface area (Å²) < 4.78 is 21.6. The Morgan fingerprint density at radius 1 is 1.09 bits per heavy atom. The van der Waals surface area contributed by atoms with Gasteiger partial charge in [-0.15, -0.1) is 10.2 Å². The first-order valence-corrected chi connectivity index (χ1v) is 10.6. The van der Waals surface area contributed by atoms with E-state index < -0.39 is 0 Å². The fourth-order valence-electron chi connectivity index (χ4n) is 4.13. The number of aromatic nitrogens is 7. The summed E-state index contributed by atoms with van der Waals surface area (Å²) in [6.07, 6.45) is 5.66. The lowest BCUT2D eigenvalue weighted by molar-refractivity contribution is 0.415. The molecule has 2 aromatic carbocycles. The molecule has 0 aliphatic rings. The third-order valence-electron chi connectivity index (χ3n) is 5.94. The zero-order valence-electron chi connectivity index (χ0n) is 18.1. The van der Waals surface area contributed by atoms with Crippen molar-refractivity contribution < 1.29 is 9.13 Å². The van der Waals surface area contributed by atoms with Gasteiger partial charge in [0.2, 0.25) is 0 Å². The molecule has 6 aromatic rings. The summed E-state index contributed by atoms with van der Waals surface area (Å²) in [5.74, 6) is 0.446. The highest BCUT2D eigenvalue weighted by Crippen LogP contribution is 2.25. The minimum atomic E-state index is -0.328. The van der Waals surface area contributed by atoms with Gasteiger partial charge >= 0.3 is 0 Å². The van der Waals surface area contributed by atoms with Crippen LogP contribution in [0, 0.1) is 5.82 Å². The molecule has 0 aliphatic heterocycles. The Labute approximate surface area is 191 Å². The Morgan fingerprint density at radius 3 is 2.76 bits per heavy atom. The normalized spacial score (nSPS) is 11.6. The smallest absolute Gasteiger partial charge is 0.283 e. The van der Waals surface area contributed by atoms with Gasteiger partial charge in [0, 0.05) is 29.2 Å². The molecule has 0 amide bonds. The maximum atomic E-state index is 13.3. The van der Waals surface area contributed by atoms with Gasteiger partial charge in [0.15, 0.2) is 16.8 Å². The van der Waals surface area contributed by atoms with Crippen molar-refractivity contribution in [2.24, 2.45) is 0 Å². The third-order valence-corrected chi connectivity index (χ3v) is 5.94. The van der Waals surface area contributed by atoms with Crippen molar-refractivity contribution in [3.8, 4) is 16.9 Å². The van der Waals surface area contributed by atoms with Gasteiger partial charge in [-0.05, 0) is 47.9 Å². The van der Waals surface area contributed by atoms with E-state index in [4.69, 9.17) is 4.74 Å². The molecule has 0 radical (unpaired) electrons. The molecule has 6 rings (SSSR count). The third kappa shape index (κ3) is 3.19. The van der Waals surface area contributed by atoms with Gasteiger partial charge < -0.3 is 9.72 Å². The summed E-state index contributed by atoms with van der Waals surface area (Å²) in [6.45, 7) is 0.422. The Balaban J connectivity index is 1.35. The minimum absolute atomic E-state index is 0.129. The zero-order chi connectivity index (χ0) is 23.2. The molecule has 0 aliphatic carbocycles. The number of benzene rings is 2. The minimum Gasteiger partial charge on any atom is -0.497 e. The summed E-state index contributed by atoms with van der Waals surface area (Å²) >= 11 is 0. The van der Waals surface area contributed by atoms with E-state index in [1.807, 2.05) is 24.4 Å². The number of rotatable bonds is 5. The molecular formula is C24H18FN7O2. The first kappa shape index (κ1) is 20.0. The van der Waals surface area contributed by atoms with Crippen LogP contribution in [0.25, 0.3) is 38.8 Å². The van der Waals surface area contributed by atoms with Gasteiger partial charge in [-0.25, -0.2) is 9.37 Å². The lowest BCUT2D eigenvalue weighted by atomic mass is 10.1. The molecule has 168 valence electrons. The summed E-state index contributed by atoms with van der Waals surface area (Å²) in [5, 5.41) is 13.8. The number of nitrogens with one attached hydrogen (secondary N) is 1. The second-order valence-electron chi connectivity index (χ2n) is 7.89. The van der Waals surface area contributed by atoms with E-state index in [1.165, 1.54) is 27.5 Å². The van der Waals surface area contributed by atoms with Crippen LogP contribution in [0.1, 0.15) is 5.56 Å². The summed E-state index contributed by atoms with van der Waals surface area (Å²) in [5.41, 5.74) is 4.08. The van der Waals surface area contributed by atoms with Crippen molar-refractivity contribution in [1.82, 2.24) is 34.3 Å². The molecule has 10 heteroatoms. The number of hydrogen-bond donors (Lipinski definition) is 1. The summed E-state index contributed by atoms with van der Waals surface area (Å²) in [7, 11) is 1.63. The van der Waals surface area contributed by atoms with Crippen molar-refractivity contribution in [1.29, 1.82) is 0 Å². The molecule has 0 spiro atoms. The van der Waals surface area contributed by atoms with E-state index in [0.717, 1.165) is 27.8 Å². The molecule has 0 saturated heterocycles. The molecule has 0 unspecified atom stereocenters. The maximum Gasteiger partial charge on any atom is 0.283 e. The van der Waals surface area contributed by atoms with E-state index in [-0.39, 0.29) is 16.9 Å². The van der Waals surface area contributed by atoms with Gasteiger partial charge in [-0.2, -0.15) is 9.61 Å². The van der Waals surface area contributed by atoms with Crippen molar-refractivity contribution in [3.63, 3.8) is 0 Å². The van der Waals surface area contributed by atoms with Crippen LogP contribution in [-0.2, 0) is 13.0 Å². The predicted molar refractivity (Wildman–Crippen MR) is 124 cm³/mol. The first-order valence-electron chi connectivity index (χ1n) is 10.6. The topological polar surface area (TPSA) is 103 Å².